The number of alkyl halides is 3. The normalized spacial score (nSPS) is 13.9. The molecule has 0 aliphatic heterocycles. The van der Waals surface area contributed by atoms with Gasteiger partial charge in [0.1, 0.15) is 0 Å². The molecule has 3 rings (SSSR count). The quantitative estimate of drug-likeness (QED) is 0.213. The summed E-state index contributed by atoms with van der Waals surface area (Å²) in [6.45, 7) is 7.95. The first kappa shape index (κ1) is 34.2. The number of carbonyl (C=O) groups is 1. The van der Waals surface area contributed by atoms with Crippen LogP contribution < -0.4 is 0 Å². The number of hydrogen-bond acceptors (Lipinski definition) is 9. The average molecular weight is 673 g/mol. The van der Waals surface area contributed by atoms with E-state index < -0.39 is 61.0 Å². The predicted octanol–water partition coefficient (Wildman–Crippen LogP) is 7.15. The SMILES string of the molecule is CC[C@H](CS(=O)(=O)c1ccc(-c2sc(-c3noc(CC(C)(C)C(=O)O)n3)nc2CC(C)(C)OC)c(Cl)c1Cl)C(F)(F)F. The molecule has 0 amide bonds. The monoisotopic (exact) mass is 671 g/mol. The predicted molar refractivity (Wildman–Crippen MR) is 153 cm³/mol. The number of hydrogen-bond donors (Lipinski definition) is 1. The number of aliphatic carboxylic acids is 1. The number of aromatic nitrogens is 3. The Kier molecular flexibility index (Phi) is 10.1. The van der Waals surface area contributed by atoms with Crippen LogP contribution in [0.5, 0.6) is 0 Å². The molecule has 1 atom stereocenters. The van der Waals surface area contributed by atoms with Crippen molar-refractivity contribution in [3.05, 3.63) is 33.8 Å². The molecule has 0 radical (unpaired) electrons. The zero-order valence-corrected chi connectivity index (χ0v) is 26.7. The fourth-order valence-electron chi connectivity index (χ4n) is 3.87. The van der Waals surface area contributed by atoms with Crippen molar-refractivity contribution >= 4 is 50.3 Å². The third-order valence-corrected chi connectivity index (χ3v) is 10.6. The molecule has 0 spiro atoms. The number of benzene rings is 1. The molecule has 232 valence electrons. The maximum atomic E-state index is 13.3. The smallest absolute Gasteiger partial charge is 0.392 e. The summed E-state index contributed by atoms with van der Waals surface area (Å²) < 4.78 is 76.7. The number of sulfone groups is 1. The molecule has 0 unspecified atom stereocenters. The van der Waals surface area contributed by atoms with Gasteiger partial charge in [-0.2, -0.15) is 18.2 Å². The fraction of sp³-hybridized carbons (Fsp3) is 0.538. The summed E-state index contributed by atoms with van der Waals surface area (Å²) in [4.78, 5) is 20.4. The molecule has 2 aromatic heterocycles. The minimum absolute atomic E-state index is 0.0261. The van der Waals surface area contributed by atoms with Gasteiger partial charge in [-0.25, -0.2) is 13.4 Å². The number of methoxy groups -OCH3 is 1. The summed E-state index contributed by atoms with van der Waals surface area (Å²) >= 11 is 14.0. The van der Waals surface area contributed by atoms with Gasteiger partial charge in [-0.15, -0.1) is 11.3 Å². The van der Waals surface area contributed by atoms with Crippen LogP contribution in [0.25, 0.3) is 21.3 Å². The number of nitrogens with zero attached hydrogens (tertiary/aromatic N) is 3. The average Bonchev–Trinajstić information content (AvgIpc) is 3.49. The van der Waals surface area contributed by atoms with Gasteiger partial charge in [0.05, 0.1) is 48.2 Å². The molecule has 2 heterocycles. The molecule has 16 heteroatoms. The maximum Gasteiger partial charge on any atom is 0.392 e. The second kappa shape index (κ2) is 12.4. The van der Waals surface area contributed by atoms with E-state index in [0.29, 0.717) is 21.1 Å². The largest absolute Gasteiger partial charge is 0.481 e. The van der Waals surface area contributed by atoms with Crippen molar-refractivity contribution in [3.8, 4) is 21.3 Å². The zero-order chi connectivity index (χ0) is 31.8. The minimum atomic E-state index is -4.70. The van der Waals surface area contributed by atoms with E-state index >= 15 is 0 Å². The van der Waals surface area contributed by atoms with Gasteiger partial charge in [0.15, 0.2) is 14.8 Å². The summed E-state index contributed by atoms with van der Waals surface area (Å²) in [5.74, 6) is -4.08. The van der Waals surface area contributed by atoms with E-state index in [9.17, 15) is 31.5 Å². The summed E-state index contributed by atoms with van der Waals surface area (Å²) in [7, 11) is -2.92. The number of thiazole rings is 1. The van der Waals surface area contributed by atoms with Crippen molar-refractivity contribution in [2.24, 2.45) is 11.3 Å². The third kappa shape index (κ3) is 7.62. The lowest BCUT2D eigenvalue weighted by molar-refractivity contribution is -0.168. The minimum Gasteiger partial charge on any atom is -0.481 e. The fourth-order valence-corrected chi connectivity index (χ4v) is 7.58. The van der Waals surface area contributed by atoms with Crippen LogP contribution in [-0.2, 0) is 32.2 Å². The summed E-state index contributed by atoms with van der Waals surface area (Å²) in [5.41, 5.74) is -1.07. The van der Waals surface area contributed by atoms with Crippen molar-refractivity contribution in [2.75, 3.05) is 12.9 Å². The Balaban J connectivity index is 2.09. The second-order valence-corrected chi connectivity index (χ2v) is 14.7. The van der Waals surface area contributed by atoms with Crippen molar-refractivity contribution in [3.63, 3.8) is 0 Å². The first-order chi connectivity index (χ1) is 19.2. The lowest BCUT2D eigenvalue weighted by atomic mass is 9.90. The van der Waals surface area contributed by atoms with Crippen LogP contribution in [0.15, 0.2) is 21.6 Å². The Morgan fingerprint density at radius 2 is 1.76 bits per heavy atom. The first-order valence-electron chi connectivity index (χ1n) is 12.6. The lowest BCUT2D eigenvalue weighted by Crippen LogP contribution is -2.29. The molecule has 0 fully saturated rings. The van der Waals surface area contributed by atoms with Gasteiger partial charge in [0.25, 0.3) is 0 Å². The Hall–Kier alpha value is -2.26. The molecule has 1 aromatic carbocycles. The molecule has 42 heavy (non-hydrogen) atoms. The summed E-state index contributed by atoms with van der Waals surface area (Å²) in [6, 6.07) is 2.50. The zero-order valence-electron chi connectivity index (χ0n) is 23.6. The van der Waals surface area contributed by atoms with E-state index in [4.69, 9.17) is 32.5 Å². The molecule has 0 saturated carbocycles. The summed E-state index contributed by atoms with van der Waals surface area (Å²) in [6.07, 6.45) is -4.87. The Morgan fingerprint density at radius 1 is 1.12 bits per heavy atom. The highest BCUT2D eigenvalue weighted by Crippen LogP contribution is 2.44. The van der Waals surface area contributed by atoms with Crippen LogP contribution in [0.4, 0.5) is 13.2 Å². The molecule has 0 bridgehead atoms. The number of ether oxygens (including phenoxy) is 1. The molecule has 0 saturated heterocycles. The van der Waals surface area contributed by atoms with E-state index in [2.05, 4.69) is 15.1 Å². The highest BCUT2D eigenvalue weighted by molar-refractivity contribution is 7.91. The standard InChI is InChI=1S/C26H30Cl2F3N3O6S2/c1-7-13(26(29,30)31)12-42(37,38)16-9-8-14(18(27)19(16)28)20-15(10-25(4,5)39-6)32-22(41-20)21-33-17(40-34-21)11-24(2,3)23(35)36/h8-9,13H,7,10-12H2,1-6H3,(H,35,36)/t13-/m1/s1. The van der Waals surface area contributed by atoms with E-state index in [1.165, 1.54) is 33.9 Å². The van der Waals surface area contributed by atoms with Gasteiger partial charge in [0.2, 0.25) is 11.7 Å². The van der Waals surface area contributed by atoms with Crippen molar-refractivity contribution < 1.29 is 40.8 Å². The third-order valence-electron chi connectivity index (χ3n) is 6.68. The van der Waals surface area contributed by atoms with Crippen LogP contribution in [0, 0.1) is 11.3 Å². The number of rotatable bonds is 12. The summed E-state index contributed by atoms with van der Waals surface area (Å²) in [5, 5.41) is 13.1. The van der Waals surface area contributed by atoms with Gasteiger partial charge < -0.3 is 14.4 Å². The Morgan fingerprint density at radius 3 is 2.31 bits per heavy atom. The highest BCUT2D eigenvalue weighted by atomic mass is 35.5. The van der Waals surface area contributed by atoms with Crippen LogP contribution in [-0.4, -0.2) is 59.3 Å². The van der Waals surface area contributed by atoms with Crippen LogP contribution in [0.2, 0.25) is 10.0 Å². The van der Waals surface area contributed by atoms with Crippen molar-refractivity contribution in [2.45, 2.75) is 70.6 Å². The van der Waals surface area contributed by atoms with Crippen molar-refractivity contribution in [1.29, 1.82) is 0 Å². The van der Waals surface area contributed by atoms with Gasteiger partial charge in [-0.1, -0.05) is 41.3 Å². The molecule has 0 aliphatic rings. The maximum absolute atomic E-state index is 13.3. The van der Waals surface area contributed by atoms with Crippen LogP contribution >= 0.6 is 34.5 Å². The number of carboxylic acid groups (broad SMARTS) is 1. The van der Waals surface area contributed by atoms with Gasteiger partial charge in [0, 0.05) is 25.5 Å². The molecule has 9 nitrogen and oxygen atoms in total. The van der Waals surface area contributed by atoms with E-state index in [1.54, 1.807) is 0 Å². The Labute approximate surface area is 255 Å². The first-order valence-corrected chi connectivity index (χ1v) is 15.8. The lowest BCUT2D eigenvalue weighted by Gasteiger charge is -2.22. The number of halogens is 5. The van der Waals surface area contributed by atoms with Gasteiger partial charge in [-0.3, -0.25) is 4.79 Å². The molecular weight excluding hydrogens is 642 g/mol. The van der Waals surface area contributed by atoms with E-state index in [-0.39, 0.29) is 29.6 Å². The topological polar surface area (TPSA) is 132 Å². The number of carboxylic acids is 1. The highest BCUT2D eigenvalue weighted by Gasteiger charge is 2.42. The van der Waals surface area contributed by atoms with Crippen molar-refractivity contribution in [1.82, 2.24) is 15.1 Å². The molecule has 3 aromatic rings. The van der Waals surface area contributed by atoms with Crippen LogP contribution in [0.1, 0.15) is 52.6 Å². The van der Waals surface area contributed by atoms with Gasteiger partial charge in [-0.05, 0) is 40.2 Å². The molecular formula is C26H30Cl2F3N3O6S2. The molecule has 1 N–H and O–H groups in total. The van der Waals surface area contributed by atoms with Gasteiger partial charge >= 0.3 is 12.1 Å². The second-order valence-electron chi connectivity index (χ2n) is 11.0. The van der Waals surface area contributed by atoms with E-state index in [1.807, 2.05) is 13.8 Å². The van der Waals surface area contributed by atoms with E-state index in [0.717, 1.165) is 17.4 Å². The molecule has 0 aliphatic carbocycles. The van der Waals surface area contributed by atoms with Crippen LogP contribution in [0.3, 0.4) is 0 Å². The Bertz CT molecular complexity index is 1570.